The van der Waals surface area contributed by atoms with Crippen molar-refractivity contribution in [3.05, 3.63) is 5.82 Å². The van der Waals surface area contributed by atoms with Crippen LogP contribution < -0.4 is 20.9 Å². The first-order chi connectivity index (χ1) is 17.9. The number of aryl methyl sites for hydroxylation is 1. The molecule has 0 atom stereocenters. The summed E-state index contributed by atoms with van der Waals surface area (Å²) in [7, 11) is 2.28. The highest BCUT2D eigenvalue weighted by molar-refractivity contribution is 5.40. The molecule has 3 rings (SSSR count). The number of anilines is 2. The molecule has 1 aromatic rings. The Kier molecular flexibility index (Phi) is 10.3. The molecule has 2 aliphatic heterocycles. The summed E-state index contributed by atoms with van der Waals surface area (Å²) in [6.45, 7) is 32.7. The second kappa shape index (κ2) is 11.9. The molecule has 0 unspecified atom stereocenters. The molecule has 0 aliphatic carbocycles. The molecular weight excluding hydrogens is 508 g/mol. The van der Waals surface area contributed by atoms with Crippen LogP contribution in [0, 0.1) is 12.3 Å². The maximum Gasteiger partial charge on any atom is 0.231 e. The molecule has 0 saturated carbocycles. The molecule has 2 fully saturated rings. The van der Waals surface area contributed by atoms with Gasteiger partial charge in [0.15, 0.2) is 0 Å². The van der Waals surface area contributed by atoms with E-state index in [4.69, 9.17) is 15.0 Å². The van der Waals surface area contributed by atoms with Crippen molar-refractivity contribution in [3.8, 4) is 0 Å². The fourth-order valence-corrected chi connectivity index (χ4v) is 8.09. The van der Waals surface area contributed by atoms with Crippen molar-refractivity contribution in [3.63, 3.8) is 0 Å². The molecule has 3 N–H and O–H groups in total. The summed E-state index contributed by atoms with van der Waals surface area (Å²) in [5.74, 6) is 2.20. The van der Waals surface area contributed by atoms with Crippen molar-refractivity contribution in [2.45, 2.75) is 176 Å². The lowest BCUT2D eigenvalue weighted by Crippen LogP contribution is -2.65. The van der Waals surface area contributed by atoms with Gasteiger partial charge in [0.25, 0.3) is 0 Å². The van der Waals surface area contributed by atoms with Crippen LogP contribution in [0.1, 0.15) is 135 Å². The number of nitrogens with one attached hydrogen (secondary N) is 3. The molecule has 2 saturated heterocycles. The average molecular weight is 575 g/mol. The number of hydrogen-bond donors (Lipinski definition) is 3. The van der Waals surface area contributed by atoms with E-state index in [0.717, 1.165) is 50.5 Å². The van der Waals surface area contributed by atoms with E-state index >= 15 is 0 Å². The quantitative estimate of drug-likeness (QED) is 0.294. The number of piperidine rings is 2. The molecule has 3 heterocycles. The first-order valence-corrected chi connectivity index (χ1v) is 15.4. The third-order valence-corrected chi connectivity index (χ3v) is 8.19. The molecule has 8 heteroatoms. The van der Waals surface area contributed by atoms with Gasteiger partial charge in [-0.2, -0.15) is 15.0 Å². The van der Waals surface area contributed by atoms with Gasteiger partial charge in [0, 0.05) is 39.8 Å². The second-order valence-electron chi connectivity index (χ2n) is 17.5. The minimum absolute atomic E-state index is 0. The summed E-state index contributed by atoms with van der Waals surface area (Å²) < 4.78 is 0. The maximum atomic E-state index is 5.11. The molecule has 0 spiro atoms. The molecule has 41 heavy (non-hydrogen) atoms. The Bertz CT molecular complexity index is 989. The number of aromatic nitrogens is 3. The zero-order valence-corrected chi connectivity index (χ0v) is 28.6. The maximum absolute atomic E-state index is 5.11. The Hall–Kier alpha value is -1.51. The predicted molar refractivity (Wildman–Crippen MR) is 177 cm³/mol. The summed E-state index contributed by atoms with van der Waals surface area (Å²) in [6, 6.07) is 0.761. The van der Waals surface area contributed by atoms with Crippen LogP contribution in [0.25, 0.3) is 0 Å². The first kappa shape index (κ1) is 35.7. The van der Waals surface area contributed by atoms with Crippen molar-refractivity contribution in [1.29, 1.82) is 0 Å². The van der Waals surface area contributed by atoms with E-state index in [1.807, 2.05) is 6.92 Å². The average Bonchev–Trinajstić information content (AvgIpc) is 2.64. The lowest BCUT2D eigenvalue weighted by molar-refractivity contribution is 0.0757. The zero-order valence-electron chi connectivity index (χ0n) is 28.6. The van der Waals surface area contributed by atoms with Gasteiger partial charge >= 0.3 is 0 Å². The van der Waals surface area contributed by atoms with Crippen LogP contribution in [-0.2, 0) is 0 Å². The van der Waals surface area contributed by atoms with Gasteiger partial charge in [0.2, 0.25) is 11.9 Å². The fraction of sp³-hybridized carbons (Fsp3) is 0.909. The highest BCUT2D eigenvalue weighted by Crippen LogP contribution is 2.36. The third-order valence-electron chi connectivity index (χ3n) is 8.19. The fourth-order valence-electron chi connectivity index (χ4n) is 8.09. The molecule has 238 valence electrons. The Morgan fingerprint density at radius 3 is 1.63 bits per heavy atom. The van der Waals surface area contributed by atoms with Crippen molar-refractivity contribution in [2.24, 2.45) is 5.41 Å². The van der Waals surface area contributed by atoms with Crippen LogP contribution in [0.15, 0.2) is 0 Å². The van der Waals surface area contributed by atoms with Crippen molar-refractivity contribution in [2.75, 3.05) is 23.9 Å². The van der Waals surface area contributed by atoms with E-state index < -0.39 is 0 Å². The summed E-state index contributed by atoms with van der Waals surface area (Å²) in [5.41, 5.74) is 0.252. The Balaban J connectivity index is 0.00000588. The van der Waals surface area contributed by atoms with Crippen LogP contribution in [0.2, 0.25) is 0 Å². The standard InChI is InChI=1S/C32H62N8.CH4/c1-22-33-25(36-32(13,14)20-27(2,3)4)35-26(34-22)40(24-18-30(9,10)38-31(11,12)19-24)21-39(15)23-16-28(5,6)37-29(7,8)17-23;/h23-24,37-38H,16-21H2,1-15H3,(H,33,34,35,36);1H4. The van der Waals surface area contributed by atoms with Crippen LogP contribution in [-0.4, -0.2) is 73.3 Å². The molecular formula is C33H66N8. The second-order valence-corrected chi connectivity index (χ2v) is 17.5. The largest absolute Gasteiger partial charge is 0.349 e. The van der Waals surface area contributed by atoms with E-state index in [1.165, 1.54) is 0 Å². The van der Waals surface area contributed by atoms with E-state index in [0.29, 0.717) is 18.0 Å². The van der Waals surface area contributed by atoms with Crippen molar-refractivity contribution < 1.29 is 0 Å². The van der Waals surface area contributed by atoms with E-state index in [-0.39, 0.29) is 40.5 Å². The van der Waals surface area contributed by atoms with Gasteiger partial charge in [-0.05, 0) is 121 Å². The smallest absolute Gasteiger partial charge is 0.231 e. The van der Waals surface area contributed by atoms with Gasteiger partial charge in [0.05, 0.1) is 6.67 Å². The molecule has 1 aromatic heterocycles. The highest BCUT2D eigenvalue weighted by Gasteiger charge is 2.43. The third kappa shape index (κ3) is 10.6. The number of rotatable bonds is 8. The number of nitrogens with zero attached hydrogens (tertiary/aromatic N) is 5. The monoisotopic (exact) mass is 575 g/mol. The SMILES string of the molecule is C.Cc1nc(NC(C)(C)CC(C)(C)C)nc(N(CN(C)C2CC(C)(C)NC(C)(C)C2)C2CC(C)(C)NC(C)(C)C2)n1. The summed E-state index contributed by atoms with van der Waals surface area (Å²) >= 11 is 0. The van der Waals surface area contributed by atoms with E-state index in [2.05, 4.69) is 123 Å². The molecule has 0 amide bonds. The summed E-state index contributed by atoms with van der Waals surface area (Å²) in [6.07, 6.45) is 5.26. The van der Waals surface area contributed by atoms with E-state index in [9.17, 15) is 0 Å². The molecule has 0 radical (unpaired) electrons. The topological polar surface area (TPSA) is 81.2 Å². The van der Waals surface area contributed by atoms with Crippen LogP contribution in [0.4, 0.5) is 11.9 Å². The van der Waals surface area contributed by atoms with Gasteiger partial charge in [-0.1, -0.05) is 28.2 Å². The Morgan fingerprint density at radius 2 is 1.20 bits per heavy atom. The van der Waals surface area contributed by atoms with Gasteiger partial charge in [0.1, 0.15) is 5.82 Å². The van der Waals surface area contributed by atoms with Gasteiger partial charge < -0.3 is 20.9 Å². The van der Waals surface area contributed by atoms with Crippen LogP contribution in [0.3, 0.4) is 0 Å². The lowest BCUT2D eigenvalue weighted by atomic mass is 9.78. The van der Waals surface area contributed by atoms with Crippen LogP contribution >= 0.6 is 0 Å². The van der Waals surface area contributed by atoms with E-state index in [1.54, 1.807) is 0 Å². The normalized spacial score (nSPS) is 22.7. The Labute approximate surface area is 253 Å². The lowest BCUT2D eigenvalue weighted by Gasteiger charge is -2.52. The van der Waals surface area contributed by atoms with Crippen LogP contribution in [0.5, 0.6) is 0 Å². The van der Waals surface area contributed by atoms with Gasteiger partial charge in [-0.15, -0.1) is 0 Å². The molecule has 8 nitrogen and oxygen atoms in total. The zero-order chi connectivity index (χ0) is 30.5. The minimum Gasteiger partial charge on any atom is -0.349 e. The van der Waals surface area contributed by atoms with Gasteiger partial charge in [-0.3, -0.25) is 4.90 Å². The summed E-state index contributed by atoms with van der Waals surface area (Å²) in [5, 5.41) is 11.4. The minimum atomic E-state index is -0.143. The van der Waals surface area contributed by atoms with Crippen molar-refractivity contribution in [1.82, 2.24) is 30.5 Å². The Morgan fingerprint density at radius 1 is 0.756 bits per heavy atom. The molecule has 2 aliphatic rings. The molecule has 0 aromatic carbocycles. The van der Waals surface area contributed by atoms with Crippen molar-refractivity contribution >= 4 is 11.9 Å². The van der Waals surface area contributed by atoms with Gasteiger partial charge in [-0.25, -0.2) is 0 Å². The first-order valence-electron chi connectivity index (χ1n) is 15.4. The predicted octanol–water partition coefficient (Wildman–Crippen LogP) is 6.76. The molecule has 0 bridgehead atoms. The number of hydrogen-bond acceptors (Lipinski definition) is 8. The highest BCUT2D eigenvalue weighted by atomic mass is 15.4. The summed E-state index contributed by atoms with van der Waals surface area (Å²) in [4.78, 5) is 19.8.